The zero-order chi connectivity index (χ0) is 57.2. The normalized spacial score (nSPS) is 19.5. The van der Waals surface area contributed by atoms with Gasteiger partial charge in [0, 0.05) is 59.4 Å². The molecule has 0 amide bonds. The molecule has 11 heteroatoms. The third kappa shape index (κ3) is 13.9. The van der Waals surface area contributed by atoms with E-state index in [-0.39, 0.29) is 11.5 Å². The molecule has 0 spiro atoms. The summed E-state index contributed by atoms with van der Waals surface area (Å²) in [6.45, 7) is 0. The van der Waals surface area contributed by atoms with Crippen molar-refractivity contribution in [3.05, 3.63) is 262 Å². The molecule has 416 valence electrons. The predicted molar refractivity (Wildman–Crippen MR) is 330 cm³/mol. The molecule has 0 heterocycles. The van der Waals surface area contributed by atoms with Gasteiger partial charge in [-0.3, -0.25) is 0 Å². The third-order valence-corrected chi connectivity index (χ3v) is 16.3. The van der Waals surface area contributed by atoms with Gasteiger partial charge < -0.3 is 37.9 Å². The Labute approximate surface area is 478 Å². The summed E-state index contributed by atoms with van der Waals surface area (Å²) in [6, 6.07) is 46.4. The molecule has 0 aliphatic heterocycles. The largest absolute Gasteiger partial charge is 0.496 e. The third-order valence-electron chi connectivity index (χ3n) is 14.6. The lowest BCUT2D eigenvalue weighted by atomic mass is 9.77. The monoisotopic (exact) mass is 1100 g/mol. The Morgan fingerprint density at radius 1 is 0.346 bits per heavy atom. The molecular formula is C70H70O10S. The molecular weight excluding hydrogens is 1030 g/mol. The van der Waals surface area contributed by atoms with Crippen molar-refractivity contribution in [3.63, 3.8) is 0 Å². The smallest absolute Gasteiger partial charge is 0.152 e. The van der Waals surface area contributed by atoms with Crippen LogP contribution < -0.4 is 28.4 Å². The van der Waals surface area contributed by atoms with Crippen molar-refractivity contribution >= 4 is 46.3 Å². The van der Waals surface area contributed by atoms with Gasteiger partial charge in [-0.05, 0) is 83.0 Å². The van der Waals surface area contributed by atoms with E-state index in [4.69, 9.17) is 37.9 Å². The van der Waals surface area contributed by atoms with Gasteiger partial charge in [-0.1, -0.05) is 182 Å². The highest BCUT2D eigenvalue weighted by atomic mass is 32.2. The lowest BCUT2D eigenvalue weighted by molar-refractivity contribution is 0.105. The SMILES string of the molecule is COc1ccccc1/C=C/C1=C(/C=C/c2ccccc2OC)C(/C=C/c2ccccc2OC)(OC)C=CC1CS(=O)(=O)CC1C=CC(/C=C/c2ccccc2OC)(OC)C(/C=C/c2ccccc2OC)=C1/C=C/c1ccccc1OC. The summed E-state index contributed by atoms with van der Waals surface area (Å²) in [5, 5.41) is 0. The summed E-state index contributed by atoms with van der Waals surface area (Å²) >= 11 is 0. The average molecular weight is 1100 g/mol. The quantitative estimate of drug-likeness (QED) is 0.0544. The second-order valence-corrected chi connectivity index (χ2v) is 21.3. The summed E-state index contributed by atoms with van der Waals surface area (Å²) < 4.78 is 79.1. The molecule has 2 aliphatic rings. The van der Waals surface area contributed by atoms with E-state index in [9.17, 15) is 0 Å². The summed E-state index contributed by atoms with van der Waals surface area (Å²) in [5.74, 6) is 2.24. The van der Waals surface area contributed by atoms with Crippen LogP contribution >= 0.6 is 0 Å². The van der Waals surface area contributed by atoms with Gasteiger partial charge in [0.05, 0.1) is 54.2 Å². The number of methoxy groups -OCH3 is 8. The van der Waals surface area contributed by atoms with Gasteiger partial charge in [0.15, 0.2) is 9.84 Å². The Hall–Kier alpha value is -8.61. The van der Waals surface area contributed by atoms with E-state index < -0.39 is 32.9 Å². The first-order valence-electron chi connectivity index (χ1n) is 26.5. The molecule has 0 saturated heterocycles. The maximum absolute atomic E-state index is 15.6. The number of allylic oxidation sites excluding steroid dienone is 6. The minimum atomic E-state index is -3.98. The summed E-state index contributed by atoms with van der Waals surface area (Å²) in [5.41, 5.74) is 5.42. The Bertz CT molecular complexity index is 3360. The molecule has 0 radical (unpaired) electrons. The number of rotatable bonds is 24. The van der Waals surface area contributed by atoms with Gasteiger partial charge >= 0.3 is 0 Å². The highest BCUT2D eigenvalue weighted by Crippen LogP contribution is 2.43. The van der Waals surface area contributed by atoms with Crippen LogP contribution in [0.3, 0.4) is 0 Å². The van der Waals surface area contributed by atoms with Gasteiger partial charge in [0.25, 0.3) is 0 Å². The van der Waals surface area contributed by atoms with Crippen LogP contribution in [-0.2, 0) is 19.3 Å². The van der Waals surface area contributed by atoms with Crippen LogP contribution in [0.2, 0.25) is 0 Å². The van der Waals surface area contributed by atoms with Crippen LogP contribution in [0.4, 0.5) is 0 Å². The number of para-hydroxylation sites is 6. The van der Waals surface area contributed by atoms with E-state index in [1.807, 2.05) is 243 Å². The van der Waals surface area contributed by atoms with Gasteiger partial charge in [0.2, 0.25) is 0 Å². The van der Waals surface area contributed by atoms with E-state index in [2.05, 4.69) is 0 Å². The fourth-order valence-corrected chi connectivity index (χ4v) is 12.1. The molecule has 81 heavy (non-hydrogen) atoms. The van der Waals surface area contributed by atoms with Crippen molar-refractivity contribution in [1.29, 1.82) is 0 Å². The van der Waals surface area contributed by atoms with Crippen molar-refractivity contribution < 1.29 is 46.3 Å². The average Bonchev–Trinajstić information content (AvgIpc) is 3.54. The van der Waals surface area contributed by atoms with Crippen LogP contribution in [0.5, 0.6) is 34.5 Å². The van der Waals surface area contributed by atoms with Crippen molar-refractivity contribution in [1.82, 2.24) is 0 Å². The molecule has 10 nitrogen and oxygen atoms in total. The molecule has 4 unspecified atom stereocenters. The molecule has 0 fully saturated rings. The fourth-order valence-electron chi connectivity index (χ4n) is 10.3. The van der Waals surface area contributed by atoms with Crippen molar-refractivity contribution in [2.45, 2.75) is 11.2 Å². The van der Waals surface area contributed by atoms with Crippen LogP contribution in [0.25, 0.3) is 36.5 Å². The molecule has 6 aromatic carbocycles. The molecule has 0 N–H and O–H groups in total. The van der Waals surface area contributed by atoms with E-state index in [0.717, 1.165) is 44.5 Å². The Kier molecular flexibility index (Phi) is 19.9. The highest BCUT2D eigenvalue weighted by Gasteiger charge is 2.39. The first kappa shape index (κ1) is 58.5. The molecule has 4 atom stereocenters. The second-order valence-electron chi connectivity index (χ2n) is 19.2. The van der Waals surface area contributed by atoms with Crippen LogP contribution in [0, 0.1) is 11.8 Å². The standard InChI is InChI=1S/C70H70O10S/c1-73-63-27-15-9-21-51(63)33-37-59-57(43-47-69(79-7,45-41-55-25-13-19-31-67(55)77-5)61(59)39-35-53-23-11-17-29-65(53)75-3)49-81(71,72)50-58-44-48-70(80-8,46-42-56-26-14-20-32-68(56)78-6)62(40-36-54-24-12-18-30-66(54)76-4)60(58)38-34-52-22-10-16-28-64(52)74-2/h9-48,57-58H,49-50H2,1-8H3/b37-33+,38-34+,39-35+,40-36+,45-41+,46-42+. The summed E-state index contributed by atoms with van der Waals surface area (Å²) in [4.78, 5) is 0. The number of sulfone groups is 1. The molecule has 2 aliphatic carbocycles. The fraction of sp³-hybridized carbons (Fsp3) is 0.200. The number of hydrogen-bond acceptors (Lipinski definition) is 10. The first-order valence-corrected chi connectivity index (χ1v) is 28.4. The van der Waals surface area contributed by atoms with Crippen molar-refractivity contribution in [2.75, 3.05) is 68.4 Å². The Morgan fingerprint density at radius 2 is 0.593 bits per heavy atom. The minimum Gasteiger partial charge on any atom is -0.496 e. The van der Waals surface area contributed by atoms with Crippen molar-refractivity contribution in [3.8, 4) is 34.5 Å². The van der Waals surface area contributed by atoms with Gasteiger partial charge in [-0.15, -0.1) is 0 Å². The minimum absolute atomic E-state index is 0.250. The molecule has 0 bridgehead atoms. The van der Waals surface area contributed by atoms with E-state index in [1.54, 1.807) is 56.9 Å². The van der Waals surface area contributed by atoms with Gasteiger partial charge in [-0.25, -0.2) is 8.42 Å². The maximum atomic E-state index is 15.6. The van der Waals surface area contributed by atoms with Gasteiger partial charge in [-0.2, -0.15) is 0 Å². The Morgan fingerprint density at radius 3 is 0.852 bits per heavy atom. The second kappa shape index (κ2) is 27.5. The number of ether oxygens (including phenoxy) is 8. The maximum Gasteiger partial charge on any atom is 0.152 e. The van der Waals surface area contributed by atoms with E-state index in [1.165, 1.54) is 0 Å². The number of hydrogen-bond donors (Lipinski definition) is 0. The summed E-state index contributed by atoms with van der Waals surface area (Å²) in [6.07, 6.45) is 31.5. The number of benzene rings is 6. The van der Waals surface area contributed by atoms with Gasteiger partial charge in [0.1, 0.15) is 45.7 Å². The zero-order valence-electron chi connectivity index (χ0n) is 47.2. The molecule has 0 aromatic heterocycles. The van der Waals surface area contributed by atoms with Crippen molar-refractivity contribution in [2.24, 2.45) is 11.8 Å². The topological polar surface area (TPSA) is 108 Å². The van der Waals surface area contributed by atoms with E-state index >= 15 is 8.42 Å². The Balaban J connectivity index is 1.30. The lowest BCUT2D eigenvalue weighted by Gasteiger charge is -2.36. The van der Waals surface area contributed by atoms with E-state index in [0.29, 0.717) is 45.6 Å². The zero-order valence-corrected chi connectivity index (χ0v) is 48.0. The summed E-state index contributed by atoms with van der Waals surface area (Å²) in [7, 11) is 9.13. The van der Waals surface area contributed by atoms with Crippen LogP contribution in [0.1, 0.15) is 33.4 Å². The molecule has 8 rings (SSSR count). The molecule has 0 saturated carbocycles. The van der Waals surface area contributed by atoms with Crippen LogP contribution in [0.15, 0.2) is 229 Å². The lowest BCUT2D eigenvalue weighted by Crippen LogP contribution is -2.36. The first-order chi connectivity index (χ1) is 39.5. The highest BCUT2D eigenvalue weighted by molar-refractivity contribution is 7.91. The predicted octanol–water partition coefficient (Wildman–Crippen LogP) is 14.5. The van der Waals surface area contributed by atoms with Crippen LogP contribution in [-0.4, -0.2) is 88.0 Å². The molecule has 6 aromatic rings.